The van der Waals surface area contributed by atoms with Gasteiger partial charge in [0.15, 0.2) is 34.5 Å². The van der Waals surface area contributed by atoms with E-state index >= 15 is 0 Å². The molecule has 4 unspecified atom stereocenters. The van der Waals surface area contributed by atoms with Crippen molar-refractivity contribution in [2.24, 2.45) is 70.5 Å². The molecular weight excluding hydrogens is 1630 g/mol. The van der Waals surface area contributed by atoms with Crippen LogP contribution < -0.4 is 37.1 Å². The van der Waals surface area contributed by atoms with Crippen LogP contribution in [-0.2, 0) is 102 Å². The molecule has 3 amide bonds. The summed E-state index contributed by atoms with van der Waals surface area (Å²) in [5.74, 6) is 3.46. The van der Waals surface area contributed by atoms with E-state index in [2.05, 4.69) is 92.7 Å². The predicted octanol–water partition coefficient (Wildman–Crippen LogP) is 15.1. The number of aliphatic imine (C=N–C) groups is 4. The highest BCUT2D eigenvalue weighted by atomic mass is 19.3. The lowest BCUT2D eigenvalue weighted by Gasteiger charge is -2.45. The Morgan fingerprint density at radius 3 is 1.44 bits per heavy atom. The molecular formula is C101H134F2N12O13. The van der Waals surface area contributed by atoms with Crippen LogP contribution in [0.1, 0.15) is 207 Å². The standard InChI is InChI=1S/C27H35N3O4.C26H31N3O3.C24H33F2N3O3.C24H35N3O3/c1-30-25(28)29-27(34-30)24-17-20(19-6-4-7-23(16-19)32-3)8-9-21(24)18-26(27)12-10-22(11-13-26)33-15-5-14-31-2;1-4-32-20-10-12-25(13-11-20)16-19-9-8-18(17-6-5-7-21(14-17)31-3)15-22(19)26(25)23(30)29(2)24(27)28-26;1-3-32-12-4-5-16-6-7-17-14-23(10-8-18(31-2)9-11-23)24(19(17)13-16)21(30)29(15-20(25)26)22(27)28-24;1-15(2)14-30-19-7-6-17-13-23(10-8-18(29-5)9-11-23)24(20(17)12-19)21(28)27(16(3)4)22(25)26-24/h4,6-9,16-17,22H,5,10-15,18H2,1-3H3,(H2,28,29);5-9,14-15,20H,4,10-13,16H2,1-3H3,(H2,27,28);6-7,13,18,20H,3-5,8-12,14-15H2,1-2H3,(H2,27,28);6-7,12,15-16,18H,8-11,13-14H2,1-5H3,(H2,25,26). The maximum atomic E-state index is 14.0. The summed E-state index contributed by atoms with van der Waals surface area (Å²) in [5.41, 5.74) is 34.1. The minimum absolute atomic E-state index is 0.00796. The van der Waals surface area contributed by atoms with Gasteiger partial charge in [-0.15, -0.1) is 0 Å². The largest absolute Gasteiger partial charge is 0.497 e. The van der Waals surface area contributed by atoms with Gasteiger partial charge in [-0.2, -0.15) is 0 Å². The molecule has 4 aliphatic heterocycles. The van der Waals surface area contributed by atoms with Crippen molar-refractivity contribution in [1.29, 1.82) is 0 Å². The highest BCUT2D eigenvalue weighted by Crippen LogP contribution is 2.67. The van der Waals surface area contributed by atoms with Gasteiger partial charge in [0.05, 0.1) is 51.8 Å². The summed E-state index contributed by atoms with van der Waals surface area (Å²) in [4.78, 5) is 72.1. The van der Waals surface area contributed by atoms with Crippen LogP contribution in [-0.4, -0.2) is 194 Å². The Labute approximate surface area is 753 Å². The number of fused-ring (bicyclic) bond motifs is 12. The Morgan fingerprint density at radius 1 is 0.469 bits per heavy atom. The van der Waals surface area contributed by atoms with Gasteiger partial charge >= 0.3 is 0 Å². The summed E-state index contributed by atoms with van der Waals surface area (Å²) in [6.45, 7) is 15.7. The molecule has 6 aromatic carbocycles. The van der Waals surface area contributed by atoms with E-state index < -0.39 is 46.6 Å². The van der Waals surface area contributed by atoms with E-state index in [9.17, 15) is 23.2 Å². The molecule has 4 fully saturated rings. The number of halogens is 2. The molecule has 690 valence electrons. The lowest BCUT2D eigenvalue weighted by molar-refractivity contribution is -0.232. The Bertz CT molecular complexity index is 5140. The van der Waals surface area contributed by atoms with Gasteiger partial charge in [0.1, 0.15) is 17.2 Å². The second-order valence-electron chi connectivity index (χ2n) is 38.0. The first-order valence-electron chi connectivity index (χ1n) is 46.4. The Balaban J connectivity index is 0.000000131. The van der Waals surface area contributed by atoms with Gasteiger partial charge in [-0.25, -0.2) is 38.7 Å². The van der Waals surface area contributed by atoms with Crippen molar-refractivity contribution in [3.05, 3.63) is 171 Å². The molecule has 12 aliphatic rings. The van der Waals surface area contributed by atoms with Crippen molar-refractivity contribution >= 4 is 41.6 Å². The van der Waals surface area contributed by atoms with Crippen molar-refractivity contribution in [2.45, 2.75) is 248 Å². The van der Waals surface area contributed by atoms with E-state index in [1.165, 1.54) is 21.6 Å². The summed E-state index contributed by atoms with van der Waals surface area (Å²) in [6, 6.07) is 41.7. The highest BCUT2D eigenvalue weighted by Gasteiger charge is 2.71. The van der Waals surface area contributed by atoms with Gasteiger partial charge in [-0.05, 0) is 297 Å². The number of carbonyl (C=O) groups is 3. The zero-order valence-electron chi connectivity index (χ0n) is 77.3. The number of alkyl halides is 2. The zero-order chi connectivity index (χ0) is 90.9. The van der Waals surface area contributed by atoms with Crippen LogP contribution >= 0.6 is 0 Å². The molecule has 6 aromatic rings. The van der Waals surface area contributed by atoms with E-state index in [0.29, 0.717) is 50.0 Å². The molecule has 4 atom stereocenters. The fourth-order valence-electron chi connectivity index (χ4n) is 23.5. The monoisotopic (exact) mass is 1760 g/mol. The molecule has 8 spiro atoms. The van der Waals surface area contributed by atoms with Crippen molar-refractivity contribution in [3.63, 3.8) is 0 Å². The average molecular weight is 1760 g/mol. The fraction of sp³-hybridized carbons (Fsp3) is 0.574. The van der Waals surface area contributed by atoms with Gasteiger partial charge in [0.2, 0.25) is 11.7 Å². The van der Waals surface area contributed by atoms with Crippen LogP contribution in [0, 0.1) is 27.6 Å². The van der Waals surface area contributed by atoms with Crippen LogP contribution in [0.15, 0.2) is 141 Å². The molecule has 8 N–H and O–H groups in total. The number of aryl methyl sites for hydroxylation is 1. The van der Waals surface area contributed by atoms with E-state index in [-0.39, 0.29) is 64.5 Å². The lowest BCUT2D eigenvalue weighted by atomic mass is 9.61. The van der Waals surface area contributed by atoms with Crippen molar-refractivity contribution in [3.8, 4) is 39.5 Å². The third-order valence-corrected chi connectivity index (χ3v) is 30.1. The van der Waals surface area contributed by atoms with E-state index in [0.717, 1.165) is 239 Å². The number of hydroxylamine groups is 2. The number of benzene rings is 6. The highest BCUT2D eigenvalue weighted by molar-refractivity contribution is 6.10. The SMILES string of the molecule is CCOC1CCC2(CC1)Cc1ccc(-c3cccc(OC)c3)cc1C21N=C(N)N(C)C1=O.CCOCCCc1ccc2c(c1)C1(N=C(N)N(CC(F)F)C1=O)C1(CCC(OC)CC1)C2.COC1CCC2(CC1)Cc1ccc(OCC(C)C)cc1C21N=C(N)N(C(C)C)C1=O.COCCCOC1CCC2(CC1)Cc1ccc(-c3cccc(OC)c3)cc1C21N=C(N)N(C)O1. The molecule has 27 heteroatoms. The molecule has 128 heavy (non-hydrogen) atoms. The van der Waals surface area contributed by atoms with E-state index in [1.54, 1.807) is 52.6 Å². The topological polar surface area (TPSA) is 310 Å². The van der Waals surface area contributed by atoms with Crippen molar-refractivity contribution in [2.75, 3.05) is 95.8 Å². The van der Waals surface area contributed by atoms with Crippen LogP contribution in [0.4, 0.5) is 8.78 Å². The molecule has 18 rings (SSSR count). The summed E-state index contributed by atoms with van der Waals surface area (Å²) < 4.78 is 77.3. The smallest absolute Gasteiger partial charge is 0.262 e. The Kier molecular flexibility index (Phi) is 27.7. The number of hydrogen-bond donors (Lipinski definition) is 4. The first-order chi connectivity index (χ1) is 61.5. The van der Waals surface area contributed by atoms with Gasteiger partial charge in [0, 0.05) is 102 Å². The lowest BCUT2D eigenvalue weighted by Crippen LogP contribution is -2.53. The number of amides is 3. The van der Waals surface area contributed by atoms with Crippen molar-refractivity contribution in [1.82, 2.24) is 19.8 Å². The molecule has 4 saturated carbocycles. The number of likely N-dealkylation sites (N-methyl/N-ethyl adjacent to an activating group) is 1. The second-order valence-corrected chi connectivity index (χ2v) is 38.0. The molecule has 25 nitrogen and oxygen atoms in total. The van der Waals surface area contributed by atoms with Crippen LogP contribution in [0.2, 0.25) is 0 Å². The summed E-state index contributed by atoms with van der Waals surface area (Å²) in [7, 11) is 12.2. The third-order valence-electron chi connectivity index (χ3n) is 30.1. The second kappa shape index (κ2) is 38.1. The number of nitrogens with zero attached hydrogens (tertiary/aromatic N) is 8. The fourth-order valence-corrected chi connectivity index (χ4v) is 23.5. The number of nitrogens with two attached hydrogens (primary N) is 4. The van der Waals surface area contributed by atoms with E-state index in [1.807, 2.05) is 77.2 Å². The maximum Gasteiger partial charge on any atom is 0.262 e. The number of guanidine groups is 4. The zero-order valence-corrected chi connectivity index (χ0v) is 77.3. The van der Waals surface area contributed by atoms with Gasteiger partial charge in [-0.1, -0.05) is 86.6 Å². The molecule has 8 aliphatic carbocycles. The van der Waals surface area contributed by atoms with Gasteiger partial charge in [-0.3, -0.25) is 29.1 Å². The molecule has 0 bridgehead atoms. The normalized spacial score (nSPS) is 29.2. The number of rotatable bonds is 24. The number of ether oxygens (including phenoxy) is 9. The quantitative estimate of drug-likeness (QED) is 0.0409. The Morgan fingerprint density at radius 2 is 0.945 bits per heavy atom. The predicted molar refractivity (Wildman–Crippen MR) is 491 cm³/mol. The first-order valence-corrected chi connectivity index (χ1v) is 46.4. The first kappa shape index (κ1) is 93.1. The minimum atomic E-state index is -2.67. The summed E-state index contributed by atoms with van der Waals surface area (Å²) >= 11 is 0. The number of hydrogen-bond acceptors (Lipinski definition) is 22. The Hall–Kier alpha value is -9.61. The average Bonchev–Trinajstić information content (AvgIpc) is 1.54. The molecule has 0 saturated heterocycles. The minimum Gasteiger partial charge on any atom is -0.497 e. The summed E-state index contributed by atoms with van der Waals surface area (Å²) in [6.07, 6.45) is 18.6. The van der Waals surface area contributed by atoms with E-state index in [4.69, 9.17) is 90.4 Å². The molecule has 4 heterocycles. The van der Waals surface area contributed by atoms with Crippen LogP contribution in [0.5, 0.6) is 17.2 Å². The maximum absolute atomic E-state index is 14.0. The van der Waals surface area contributed by atoms with Crippen LogP contribution in [0.25, 0.3) is 22.3 Å². The van der Waals surface area contributed by atoms with Crippen LogP contribution in [0.3, 0.4) is 0 Å². The number of methoxy groups -OCH3 is 5. The van der Waals surface area contributed by atoms with Gasteiger partial charge < -0.3 is 65.6 Å². The summed E-state index contributed by atoms with van der Waals surface area (Å²) in [5, 5.41) is 1.63. The van der Waals surface area contributed by atoms with Crippen molar-refractivity contribution < 1.29 is 70.6 Å². The number of carbonyl (C=O) groups excluding carboxylic acids is 3. The molecule has 0 aromatic heterocycles. The third kappa shape index (κ3) is 16.6. The van der Waals surface area contributed by atoms with Gasteiger partial charge in [0.25, 0.3) is 24.1 Å². The molecule has 0 radical (unpaired) electrons.